The van der Waals surface area contributed by atoms with Crippen LogP contribution in [0.2, 0.25) is 5.02 Å². The minimum Gasteiger partial charge on any atom is -0.477 e. The van der Waals surface area contributed by atoms with E-state index in [0.717, 1.165) is 27.9 Å². The number of aliphatic imine (C=N–C) groups is 1. The molecule has 1 N–H and O–H groups in total. The number of nitrogens with zero attached hydrogens (tertiary/aromatic N) is 2. The molecule has 0 aromatic heterocycles. The fourth-order valence-corrected chi connectivity index (χ4v) is 6.09. The van der Waals surface area contributed by atoms with Gasteiger partial charge in [-0.3, -0.25) is 4.99 Å². The van der Waals surface area contributed by atoms with Gasteiger partial charge in [-0.15, -0.1) is 0 Å². The van der Waals surface area contributed by atoms with Crippen molar-refractivity contribution in [2.45, 2.75) is 45.7 Å². The van der Waals surface area contributed by atoms with E-state index in [9.17, 15) is 9.90 Å². The maximum atomic E-state index is 12.0. The number of amidine groups is 1. The Labute approximate surface area is 191 Å². The molecule has 1 aromatic carbocycles. The topological polar surface area (TPSA) is 52.9 Å². The van der Waals surface area contributed by atoms with Gasteiger partial charge in [0.15, 0.2) is 5.17 Å². The summed E-state index contributed by atoms with van der Waals surface area (Å²) in [6, 6.07) is 7.63. The lowest BCUT2D eigenvalue weighted by molar-refractivity contribution is -0.131. The number of carboxylic acid groups (broad SMARTS) is 1. The molecule has 2 heterocycles. The predicted molar refractivity (Wildman–Crippen MR) is 125 cm³/mol. The van der Waals surface area contributed by atoms with E-state index in [2.05, 4.69) is 24.8 Å². The van der Waals surface area contributed by atoms with Crippen molar-refractivity contribution in [2.75, 3.05) is 0 Å². The van der Waals surface area contributed by atoms with Gasteiger partial charge in [0.25, 0.3) is 0 Å². The SMILES string of the molecule is CC(C)C1=C(C(=O)O)SC2=NC(C)(C3(C)C=CC(Cl)=CC3)C(c3ccc(Cl)cc3)N21. The van der Waals surface area contributed by atoms with E-state index in [1.807, 2.05) is 50.3 Å². The number of carboxylic acids is 1. The molecule has 3 atom stereocenters. The van der Waals surface area contributed by atoms with Gasteiger partial charge in [-0.25, -0.2) is 4.79 Å². The van der Waals surface area contributed by atoms with Crippen molar-refractivity contribution in [3.8, 4) is 0 Å². The summed E-state index contributed by atoms with van der Waals surface area (Å²) >= 11 is 13.6. The first kappa shape index (κ1) is 21.5. The van der Waals surface area contributed by atoms with Gasteiger partial charge in [0.1, 0.15) is 4.91 Å². The molecule has 3 aliphatic rings. The zero-order chi connectivity index (χ0) is 21.8. The minimum absolute atomic E-state index is 0.0393. The molecule has 3 unspecified atom stereocenters. The highest BCUT2D eigenvalue weighted by atomic mass is 35.5. The van der Waals surface area contributed by atoms with Crippen LogP contribution in [0.25, 0.3) is 0 Å². The summed E-state index contributed by atoms with van der Waals surface area (Å²) in [7, 11) is 0. The molecule has 30 heavy (non-hydrogen) atoms. The lowest BCUT2D eigenvalue weighted by Gasteiger charge is -2.47. The molecule has 1 aromatic rings. The number of aliphatic carboxylic acids is 1. The first-order valence-electron chi connectivity index (χ1n) is 9.92. The normalized spacial score (nSPS) is 30.6. The molecule has 158 valence electrons. The molecule has 0 fully saturated rings. The zero-order valence-corrected chi connectivity index (χ0v) is 19.6. The number of allylic oxidation sites excluding steroid dienone is 4. The summed E-state index contributed by atoms with van der Waals surface area (Å²) in [5.41, 5.74) is 1.05. The van der Waals surface area contributed by atoms with E-state index >= 15 is 0 Å². The van der Waals surface area contributed by atoms with Crippen LogP contribution in [-0.4, -0.2) is 26.7 Å². The predicted octanol–water partition coefficient (Wildman–Crippen LogP) is 6.60. The summed E-state index contributed by atoms with van der Waals surface area (Å²) in [4.78, 5) is 19.7. The molecule has 0 amide bonds. The zero-order valence-electron chi connectivity index (χ0n) is 17.3. The third kappa shape index (κ3) is 3.22. The number of halogens is 2. The summed E-state index contributed by atoms with van der Waals surface area (Å²) < 4.78 is 0. The first-order chi connectivity index (χ1) is 14.1. The Morgan fingerprint density at radius 1 is 1.27 bits per heavy atom. The summed E-state index contributed by atoms with van der Waals surface area (Å²) in [6.07, 6.45) is 6.87. The molecule has 2 aliphatic heterocycles. The molecule has 0 radical (unpaired) electrons. The van der Waals surface area contributed by atoms with Gasteiger partial charge in [0, 0.05) is 21.2 Å². The standard InChI is InChI=1S/C23H24Cl2N2O2S/c1-13(2)17-18(20(28)29)30-21-26-23(4,22(3)11-9-16(25)10-12-22)19(27(17)21)14-5-7-15(24)8-6-14/h5-11,13,19H,12H2,1-4H3,(H,28,29). The Balaban J connectivity index is 1.90. The van der Waals surface area contributed by atoms with E-state index in [1.54, 1.807) is 0 Å². The lowest BCUT2D eigenvalue weighted by Crippen LogP contribution is -2.48. The second-order valence-corrected chi connectivity index (χ2v) is 10.5. The van der Waals surface area contributed by atoms with Crippen molar-refractivity contribution in [2.24, 2.45) is 16.3 Å². The van der Waals surface area contributed by atoms with Crippen LogP contribution < -0.4 is 0 Å². The minimum atomic E-state index is -0.907. The number of thioether (sulfide) groups is 1. The highest BCUT2D eigenvalue weighted by Gasteiger charge is 2.59. The Morgan fingerprint density at radius 3 is 2.47 bits per heavy atom. The highest BCUT2D eigenvalue weighted by molar-refractivity contribution is 8.18. The van der Waals surface area contributed by atoms with Crippen LogP contribution in [0.3, 0.4) is 0 Å². The van der Waals surface area contributed by atoms with E-state index in [-0.39, 0.29) is 17.4 Å². The van der Waals surface area contributed by atoms with Crippen LogP contribution in [0, 0.1) is 11.3 Å². The molecule has 0 saturated carbocycles. The Morgan fingerprint density at radius 2 is 1.93 bits per heavy atom. The molecule has 0 bridgehead atoms. The van der Waals surface area contributed by atoms with Gasteiger partial charge < -0.3 is 10.0 Å². The Hall–Kier alpha value is -1.69. The van der Waals surface area contributed by atoms with Crippen LogP contribution >= 0.6 is 35.0 Å². The van der Waals surface area contributed by atoms with Crippen molar-refractivity contribution < 1.29 is 9.90 Å². The average Bonchev–Trinajstić information content (AvgIpc) is 3.18. The van der Waals surface area contributed by atoms with Crippen LogP contribution in [-0.2, 0) is 4.79 Å². The largest absolute Gasteiger partial charge is 0.477 e. The van der Waals surface area contributed by atoms with Crippen molar-refractivity contribution in [1.29, 1.82) is 0 Å². The van der Waals surface area contributed by atoms with Gasteiger partial charge in [-0.1, -0.05) is 68.3 Å². The third-order valence-corrected chi connectivity index (χ3v) is 8.02. The van der Waals surface area contributed by atoms with Gasteiger partial charge >= 0.3 is 5.97 Å². The van der Waals surface area contributed by atoms with Crippen molar-refractivity contribution >= 4 is 46.1 Å². The number of benzene rings is 1. The second-order valence-electron chi connectivity index (χ2n) is 8.69. The number of fused-ring (bicyclic) bond motifs is 1. The van der Waals surface area contributed by atoms with Crippen molar-refractivity contribution in [3.63, 3.8) is 0 Å². The lowest BCUT2D eigenvalue weighted by atomic mass is 9.63. The van der Waals surface area contributed by atoms with Crippen molar-refractivity contribution in [3.05, 3.63) is 68.7 Å². The van der Waals surface area contributed by atoms with E-state index < -0.39 is 11.5 Å². The maximum absolute atomic E-state index is 12.0. The number of hydrogen-bond acceptors (Lipinski definition) is 4. The maximum Gasteiger partial charge on any atom is 0.344 e. The summed E-state index contributed by atoms with van der Waals surface area (Å²) in [6.45, 7) is 8.41. The van der Waals surface area contributed by atoms with Crippen LogP contribution in [0.15, 0.2) is 63.1 Å². The molecule has 4 rings (SSSR count). The Bertz CT molecular complexity index is 1030. The van der Waals surface area contributed by atoms with Gasteiger partial charge in [0.05, 0.1) is 11.6 Å². The van der Waals surface area contributed by atoms with Crippen LogP contribution in [0.5, 0.6) is 0 Å². The third-order valence-electron chi connectivity index (χ3n) is 6.42. The highest BCUT2D eigenvalue weighted by Crippen LogP contribution is 2.59. The smallest absolute Gasteiger partial charge is 0.344 e. The molecular weight excluding hydrogens is 439 g/mol. The molecule has 0 spiro atoms. The molecule has 7 heteroatoms. The fourth-order valence-electron chi connectivity index (χ4n) is 4.58. The van der Waals surface area contributed by atoms with Crippen LogP contribution in [0.1, 0.15) is 45.7 Å². The van der Waals surface area contributed by atoms with Gasteiger partial charge in [-0.2, -0.15) is 0 Å². The molecule has 4 nitrogen and oxygen atoms in total. The van der Waals surface area contributed by atoms with Gasteiger partial charge in [0.2, 0.25) is 0 Å². The van der Waals surface area contributed by atoms with Crippen molar-refractivity contribution in [1.82, 2.24) is 4.90 Å². The summed E-state index contributed by atoms with van der Waals surface area (Å²) in [5.74, 6) is -0.867. The van der Waals surface area contributed by atoms with E-state index in [1.165, 1.54) is 11.8 Å². The fraction of sp³-hybridized carbons (Fsp3) is 0.391. The Kier molecular flexibility index (Phi) is 5.36. The van der Waals surface area contributed by atoms with E-state index in [4.69, 9.17) is 28.2 Å². The molecule has 0 saturated heterocycles. The first-order valence-corrected chi connectivity index (χ1v) is 11.5. The number of rotatable bonds is 4. The number of carbonyl (C=O) groups is 1. The second kappa shape index (κ2) is 7.47. The number of hydrogen-bond donors (Lipinski definition) is 1. The molecule has 1 aliphatic carbocycles. The quantitative estimate of drug-likeness (QED) is 0.547. The molecular formula is C23H24Cl2N2O2S. The monoisotopic (exact) mass is 462 g/mol. The average molecular weight is 463 g/mol. The summed E-state index contributed by atoms with van der Waals surface area (Å²) in [5, 5.41) is 12.0. The van der Waals surface area contributed by atoms with E-state index in [0.29, 0.717) is 9.93 Å². The van der Waals surface area contributed by atoms with Crippen LogP contribution in [0.4, 0.5) is 0 Å². The van der Waals surface area contributed by atoms with Gasteiger partial charge in [-0.05, 0) is 54.8 Å².